The first-order chi connectivity index (χ1) is 9.60. The Labute approximate surface area is 125 Å². The molecule has 1 aromatic rings. The van der Waals surface area contributed by atoms with Crippen molar-refractivity contribution >= 4 is 11.6 Å². The van der Waals surface area contributed by atoms with Gasteiger partial charge in [-0.2, -0.15) is 0 Å². The fourth-order valence-electron chi connectivity index (χ4n) is 2.80. The molecular weight excluding hydrogens is 277 g/mol. The molecule has 1 saturated heterocycles. The van der Waals surface area contributed by atoms with Gasteiger partial charge in [0.1, 0.15) is 5.82 Å². The van der Waals surface area contributed by atoms with E-state index in [-0.39, 0.29) is 11.9 Å². The molecule has 0 aliphatic carbocycles. The van der Waals surface area contributed by atoms with Gasteiger partial charge >= 0.3 is 0 Å². The van der Waals surface area contributed by atoms with Crippen LogP contribution >= 0.6 is 11.6 Å². The molecule has 2 rings (SSSR count). The van der Waals surface area contributed by atoms with Crippen LogP contribution in [0.25, 0.3) is 0 Å². The second-order valence-electron chi connectivity index (χ2n) is 5.64. The predicted octanol–water partition coefficient (Wildman–Crippen LogP) is 3.81. The second-order valence-corrected chi connectivity index (χ2v) is 6.08. The van der Waals surface area contributed by atoms with Crippen molar-refractivity contribution in [3.63, 3.8) is 0 Å². The van der Waals surface area contributed by atoms with E-state index in [9.17, 15) is 4.39 Å². The van der Waals surface area contributed by atoms with Crippen LogP contribution in [0.15, 0.2) is 18.2 Å². The smallest absolute Gasteiger partial charge is 0.126 e. The summed E-state index contributed by atoms with van der Waals surface area (Å²) < 4.78 is 19.6. The molecule has 1 heterocycles. The zero-order valence-electron chi connectivity index (χ0n) is 12.2. The van der Waals surface area contributed by atoms with Gasteiger partial charge in [-0.1, -0.05) is 18.5 Å². The standard InChI is InChI=1S/C16H23ClFNO/c1-3-6-19-16(13-7-11(2)20-10-13)9-12-8-14(17)4-5-15(12)18/h4-5,8,11,13,16,19H,3,6-7,9-10H2,1-2H3. The summed E-state index contributed by atoms with van der Waals surface area (Å²) in [6, 6.07) is 5.02. The fourth-order valence-corrected chi connectivity index (χ4v) is 3.00. The molecule has 3 unspecified atom stereocenters. The van der Waals surface area contributed by atoms with Gasteiger partial charge in [-0.25, -0.2) is 4.39 Å². The maximum atomic E-state index is 13.9. The first-order valence-corrected chi connectivity index (χ1v) is 7.76. The van der Waals surface area contributed by atoms with Crippen molar-refractivity contribution < 1.29 is 9.13 Å². The van der Waals surface area contributed by atoms with E-state index < -0.39 is 0 Å². The largest absolute Gasteiger partial charge is 0.378 e. The van der Waals surface area contributed by atoms with Gasteiger partial charge in [-0.15, -0.1) is 0 Å². The van der Waals surface area contributed by atoms with Gasteiger partial charge in [-0.3, -0.25) is 0 Å². The van der Waals surface area contributed by atoms with Crippen molar-refractivity contribution in [3.05, 3.63) is 34.6 Å². The van der Waals surface area contributed by atoms with Crippen LogP contribution in [0.3, 0.4) is 0 Å². The van der Waals surface area contributed by atoms with E-state index in [0.29, 0.717) is 29.0 Å². The van der Waals surface area contributed by atoms with Crippen molar-refractivity contribution in [2.45, 2.75) is 45.3 Å². The number of halogens is 2. The summed E-state index contributed by atoms with van der Waals surface area (Å²) in [5, 5.41) is 4.13. The highest BCUT2D eigenvalue weighted by Crippen LogP contribution is 2.26. The minimum Gasteiger partial charge on any atom is -0.378 e. The van der Waals surface area contributed by atoms with Crippen molar-refractivity contribution in [3.8, 4) is 0 Å². The van der Waals surface area contributed by atoms with Crippen LogP contribution in [-0.2, 0) is 11.2 Å². The number of hydrogen-bond acceptors (Lipinski definition) is 2. The summed E-state index contributed by atoms with van der Waals surface area (Å²) in [6.45, 7) is 5.93. The number of benzene rings is 1. The van der Waals surface area contributed by atoms with Crippen LogP contribution in [0.2, 0.25) is 5.02 Å². The van der Waals surface area contributed by atoms with Gasteiger partial charge in [0.15, 0.2) is 0 Å². The van der Waals surface area contributed by atoms with Gasteiger partial charge in [0.05, 0.1) is 12.7 Å². The number of rotatable bonds is 6. The lowest BCUT2D eigenvalue weighted by Crippen LogP contribution is -2.39. The van der Waals surface area contributed by atoms with Crippen LogP contribution in [0, 0.1) is 11.7 Å². The van der Waals surface area contributed by atoms with Crippen LogP contribution in [0.5, 0.6) is 0 Å². The van der Waals surface area contributed by atoms with E-state index in [0.717, 1.165) is 26.0 Å². The van der Waals surface area contributed by atoms with Crippen molar-refractivity contribution in [1.29, 1.82) is 0 Å². The molecule has 1 aliphatic rings. The van der Waals surface area contributed by atoms with Gasteiger partial charge < -0.3 is 10.1 Å². The minimum absolute atomic E-state index is 0.176. The normalized spacial score (nSPS) is 24.0. The lowest BCUT2D eigenvalue weighted by molar-refractivity contribution is 0.116. The molecular formula is C16H23ClFNO. The quantitative estimate of drug-likeness (QED) is 0.862. The Morgan fingerprint density at radius 2 is 2.30 bits per heavy atom. The molecule has 0 radical (unpaired) electrons. The Kier molecular flexibility index (Phi) is 5.82. The Hall–Kier alpha value is -0.640. The van der Waals surface area contributed by atoms with Gasteiger partial charge in [0.25, 0.3) is 0 Å². The molecule has 112 valence electrons. The second kappa shape index (κ2) is 7.39. The average Bonchev–Trinajstić information content (AvgIpc) is 2.85. The highest BCUT2D eigenvalue weighted by molar-refractivity contribution is 6.30. The van der Waals surface area contributed by atoms with E-state index in [1.807, 2.05) is 0 Å². The summed E-state index contributed by atoms with van der Waals surface area (Å²) in [4.78, 5) is 0. The molecule has 2 nitrogen and oxygen atoms in total. The molecule has 20 heavy (non-hydrogen) atoms. The molecule has 4 heteroatoms. The minimum atomic E-state index is -0.176. The predicted molar refractivity (Wildman–Crippen MR) is 80.7 cm³/mol. The maximum absolute atomic E-state index is 13.9. The lowest BCUT2D eigenvalue weighted by Gasteiger charge is -2.24. The Bertz CT molecular complexity index is 440. The highest BCUT2D eigenvalue weighted by Gasteiger charge is 2.29. The van der Waals surface area contributed by atoms with E-state index >= 15 is 0 Å². The Balaban J connectivity index is 2.08. The summed E-state index contributed by atoms with van der Waals surface area (Å²) in [6.07, 6.45) is 3.06. The maximum Gasteiger partial charge on any atom is 0.126 e. The van der Waals surface area contributed by atoms with Crippen molar-refractivity contribution in [2.24, 2.45) is 5.92 Å². The summed E-state index contributed by atoms with van der Waals surface area (Å²) in [5.74, 6) is 0.264. The summed E-state index contributed by atoms with van der Waals surface area (Å²) in [7, 11) is 0. The van der Waals surface area contributed by atoms with Crippen molar-refractivity contribution in [2.75, 3.05) is 13.2 Å². The third-order valence-electron chi connectivity index (χ3n) is 3.90. The molecule has 0 bridgehead atoms. The molecule has 3 atom stereocenters. The van der Waals surface area contributed by atoms with E-state index in [1.165, 1.54) is 6.07 Å². The number of hydrogen-bond donors (Lipinski definition) is 1. The third-order valence-corrected chi connectivity index (χ3v) is 4.14. The number of ether oxygens (including phenoxy) is 1. The first-order valence-electron chi connectivity index (χ1n) is 7.39. The topological polar surface area (TPSA) is 21.3 Å². The van der Waals surface area contributed by atoms with Gasteiger partial charge in [0.2, 0.25) is 0 Å². The summed E-state index contributed by atoms with van der Waals surface area (Å²) in [5.41, 5.74) is 0.686. The molecule has 1 fully saturated rings. The lowest BCUT2D eigenvalue weighted by atomic mass is 9.91. The molecule has 0 aromatic heterocycles. The Morgan fingerprint density at radius 1 is 1.50 bits per heavy atom. The van der Waals surface area contributed by atoms with Crippen LogP contribution in [0.1, 0.15) is 32.3 Å². The van der Waals surface area contributed by atoms with Crippen LogP contribution < -0.4 is 5.32 Å². The van der Waals surface area contributed by atoms with E-state index in [4.69, 9.17) is 16.3 Å². The molecule has 1 aromatic carbocycles. The molecule has 0 saturated carbocycles. The summed E-state index contributed by atoms with van der Waals surface area (Å²) >= 11 is 5.98. The Morgan fingerprint density at radius 3 is 2.95 bits per heavy atom. The zero-order chi connectivity index (χ0) is 14.5. The average molecular weight is 300 g/mol. The SMILES string of the molecule is CCCNC(Cc1cc(Cl)ccc1F)C1COC(C)C1. The van der Waals surface area contributed by atoms with Gasteiger partial charge in [-0.05, 0) is 56.5 Å². The highest BCUT2D eigenvalue weighted by atomic mass is 35.5. The third kappa shape index (κ3) is 4.18. The van der Waals surface area contributed by atoms with Crippen LogP contribution in [0.4, 0.5) is 4.39 Å². The van der Waals surface area contributed by atoms with E-state index in [1.54, 1.807) is 12.1 Å². The van der Waals surface area contributed by atoms with Crippen molar-refractivity contribution in [1.82, 2.24) is 5.32 Å². The van der Waals surface area contributed by atoms with E-state index in [2.05, 4.69) is 19.2 Å². The zero-order valence-corrected chi connectivity index (χ0v) is 12.9. The molecule has 0 amide bonds. The fraction of sp³-hybridized carbons (Fsp3) is 0.625. The monoisotopic (exact) mass is 299 g/mol. The molecule has 1 N–H and O–H groups in total. The first kappa shape index (κ1) is 15.7. The van der Waals surface area contributed by atoms with Gasteiger partial charge in [0, 0.05) is 17.0 Å². The number of nitrogens with one attached hydrogen (secondary N) is 1. The molecule has 0 spiro atoms. The van der Waals surface area contributed by atoms with Crippen LogP contribution in [-0.4, -0.2) is 25.3 Å². The molecule has 1 aliphatic heterocycles.